The predicted molar refractivity (Wildman–Crippen MR) is 60.4 cm³/mol. The van der Waals surface area contributed by atoms with E-state index in [0.29, 0.717) is 11.1 Å². The summed E-state index contributed by atoms with van der Waals surface area (Å²) in [5.74, 6) is -0.920. The van der Waals surface area contributed by atoms with Gasteiger partial charge in [0.2, 0.25) is 0 Å². The summed E-state index contributed by atoms with van der Waals surface area (Å²) < 4.78 is 34.7. The van der Waals surface area contributed by atoms with Crippen molar-refractivity contribution < 1.29 is 22.7 Å². The number of benzene rings is 1. The van der Waals surface area contributed by atoms with Gasteiger partial charge >= 0.3 is 5.97 Å². The molecule has 0 N–H and O–H groups in total. The zero-order valence-corrected chi connectivity index (χ0v) is 9.52. The first kappa shape index (κ1) is 12.3. The number of hydrogen-bond acceptors (Lipinski definition) is 3. The van der Waals surface area contributed by atoms with Crippen molar-refractivity contribution in [3.63, 3.8) is 0 Å². The molecule has 18 heavy (non-hydrogen) atoms. The minimum atomic E-state index is -2.70. The van der Waals surface area contributed by atoms with Gasteiger partial charge in [-0.1, -0.05) is 12.1 Å². The highest BCUT2D eigenvalue weighted by atomic mass is 19.3. The molecule has 2 aromatic rings. The van der Waals surface area contributed by atoms with Gasteiger partial charge < -0.3 is 9.15 Å². The standard InChI is InChI=1S/C13H10F2O3/c1-17-13(16)9-4-2-3-8(7-9)10-5-6-18-11(10)12(14)15/h2-7,12H,1H3. The molecule has 3 nitrogen and oxygen atoms in total. The van der Waals surface area contributed by atoms with Crippen LogP contribution in [0.25, 0.3) is 11.1 Å². The molecule has 0 unspecified atom stereocenters. The maximum Gasteiger partial charge on any atom is 0.337 e. The smallest absolute Gasteiger partial charge is 0.337 e. The summed E-state index contributed by atoms with van der Waals surface area (Å²) in [7, 11) is 1.26. The summed E-state index contributed by atoms with van der Waals surface area (Å²) >= 11 is 0. The molecule has 0 saturated heterocycles. The molecule has 1 aromatic carbocycles. The molecule has 0 aliphatic rings. The Morgan fingerprint density at radius 2 is 2.11 bits per heavy atom. The average molecular weight is 252 g/mol. The zero-order valence-electron chi connectivity index (χ0n) is 9.52. The Kier molecular flexibility index (Phi) is 3.41. The Bertz CT molecular complexity index is 561. The molecule has 0 amide bonds. The number of alkyl halides is 2. The third-order valence-corrected chi connectivity index (χ3v) is 2.49. The highest BCUT2D eigenvalue weighted by Gasteiger charge is 2.18. The van der Waals surface area contributed by atoms with E-state index in [2.05, 4.69) is 4.74 Å². The molecule has 0 radical (unpaired) electrons. The van der Waals surface area contributed by atoms with Crippen molar-refractivity contribution in [2.24, 2.45) is 0 Å². The minimum absolute atomic E-state index is 0.274. The fourth-order valence-electron chi connectivity index (χ4n) is 1.66. The van der Waals surface area contributed by atoms with Gasteiger partial charge in [0.1, 0.15) is 0 Å². The molecular formula is C13H10F2O3. The number of carbonyl (C=O) groups excluding carboxylic acids is 1. The van der Waals surface area contributed by atoms with E-state index >= 15 is 0 Å². The highest BCUT2D eigenvalue weighted by molar-refractivity contribution is 5.91. The minimum Gasteiger partial charge on any atom is -0.465 e. The lowest BCUT2D eigenvalue weighted by atomic mass is 10.0. The fraction of sp³-hybridized carbons (Fsp3) is 0.154. The van der Waals surface area contributed by atoms with Crippen LogP contribution in [0.1, 0.15) is 22.5 Å². The van der Waals surface area contributed by atoms with Crippen LogP contribution in [0.2, 0.25) is 0 Å². The van der Waals surface area contributed by atoms with Crippen molar-refractivity contribution in [2.75, 3.05) is 7.11 Å². The lowest BCUT2D eigenvalue weighted by Gasteiger charge is -2.04. The molecule has 0 atom stereocenters. The van der Waals surface area contributed by atoms with Gasteiger partial charge in [0.25, 0.3) is 6.43 Å². The number of halogens is 2. The molecule has 0 aliphatic heterocycles. The molecule has 0 saturated carbocycles. The summed E-state index contributed by atoms with van der Waals surface area (Å²) in [4.78, 5) is 11.4. The van der Waals surface area contributed by atoms with E-state index in [1.165, 1.54) is 25.5 Å². The van der Waals surface area contributed by atoms with Crippen LogP contribution in [0.3, 0.4) is 0 Å². The number of methoxy groups -OCH3 is 1. The summed E-state index contributed by atoms with van der Waals surface area (Å²) in [5.41, 5.74) is 1.06. The monoisotopic (exact) mass is 252 g/mol. The Labute approximate surface area is 102 Å². The SMILES string of the molecule is COC(=O)c1cccc(-c2ccoc2C(F)F)c1. The van der Waals surface area contributed by atoms with Crippen molar-refractivity contribution >= 4 is 5.97 Å². The Hall–Kier alpha value is -2.17. The molecule has 0 fully saturated rings. The topological polar surface area (TPSA) is 39.4 Å². The Morgan fingerprint density at radius 3 is 2.78 bits per heavy atom. The molecular weight excluding hydrogens is 242 g/mol. The van der Waals surface area contributed by atoms with Crippen LogP contribution in [-0.2, 0) is 4.74 Å². The quantitative estimate of drug-likeness (QED) is 0.782. The summed E-state index contributed by atoms with van der Waals surface area (Å²) in [6.07, 6.45) is -1.50. The molecule has 0 bridgehead atoms. The normalized spacial score (nSPS) is 10.7. The van der Waals surface area contributed by atoms with Gasteiger partial charge in [-0.3, -0.25) is 0 Å². The van der Waals surface area contributed by atoms with E-state index in [0.717, 1.165) is 0 Å². The summed E-state index contributed by atoms with van der Waals surface area (Å²) in [5, 5.41) is 0. The molecule has 94 valence electrons. The van der Waals surface area contributed by atoms with Crippen LogP contribution >= 0.6 is 0 Å². The first-order chi connectivity index (χ1) is 8.63. The van der Waals surface area contributed by atoms with Crippen LogP contribution < -0.4 is 0 Å². The van der Waals surface area contributed by atoms with Crippen LogP contribution in [0.15, 0.2) is 41.0 Å². The van der Waals surface area contributed by atoms with Crippen molar-refractivity contribution in [3.8, 4) is 11.1 Å². The highest BCUT2D eigenvalue weighted by Crippen LogP contribution is 2.32. The van der Waals surface area contributed by atoms with Gasteiger partial charge in [-0.25, -0.2) is 13.6 Å². The molecule has 5 heteroatoms. The van der Waals surface area contributed by atoms with Crippen LogP contribution in [-0.4, -0.2) is 13.1 Å². The van der Waals surface area contributed by atoms with Crippen molar-refractivity contribution in [1.82, 2.24) is 0 Å². The number of carbonyl (C=O) groups is 1. The van der Waals surface area contributed by atoms with Gasteiger partial charge in [0, 0.05) is 5.56 Å². The third kappa shape index (κ3) is 2.25. The third-order valence-electron chi connectivity index (χ3n) is 2.49. The van der Waals surface area contributed by atoms with E-state index in [-0.39, 0.29) is 5.56 Å². The second-order valence-electron chi connectivity index (χ2n) is 3.57. The van der Waals surface area contributed by atoms with Gasteiger partial charge in [-0.05, 0) is 23.8 Å². The fourth-order valence-corrected chi connectivity index (χ4v) is 1.66. The van der Waals surface area contributed by atoms with E-state index in [1.807, 2.05) is 0 Å². The number of hydrogen-bond donors (Lipinski definition) is 0. The van der Waals surface area contributed by atoms with Gasteiger partial charge in [0.15, 0.2) is 5.76 Å². The maximum absolute atomic E-state index is 12.7. The Balaban J connectivity index is 2.45. The number of esters is 1. The average Bonchev–Trinajstić information content (AvgIpc) is 2.87. The van der Waals surface area contributed by atoms with Gasteiger partial charge in [0.05, 0.1) is 18.9 Å². The van der Waals surface area contributed by atoms with Crippen LogP contribution in [0, 0.1) is 0 Å². The largest absolute Gasteiger partial charge is 0.465 e. The molecule has 1 aromatic heterocycles. The number of rotatable bonds is 3. The van der Waals surface area contributed by atoms with Crippen molar-refractivity contribution in [2.45, 2.75) is 6.43 Å². The van der Waals surface area contributed by atoms with Crippen molar-refractivity contribution in [3.05, 3.63) is 47.9 Å². The maximum atomic E-state index is 12.7. The lowest BCUT2D eigenvalue weighted by Crippen LogP contribution is -2.00. The predicted octanol–water partition coefficient (Wildman–Crippen LogP) is 3.67. The van der Waals surface area contributed by atoms with Gasteiger partial charge in [-0.15, -0.1) is 0 Å². The van der Waals surface area contributed by atoms with E-state index in [9.17, 15) is 13.6 Å². The first-order valence-corrected chi connectivity index (χ1v) is 5.17. The number of furan rings is 1. The zero-order chi connectivity index (χ0) is 13.1. The molecule has 0 spiro atoms. The summed E-state index contributed by atoms with van der Waals surface area (Å²) in [6, 6.07) is 7.71. The van der Waals surface area contributed by atoms with E-state index < -0.39 is 18.2 Å². The lowest BCUT2D eigenvalue weighted by molar-refractivity contribution is 0.0601. The molecule has 2 rings (SSSR count). The van der Waals surface area contributed by atoms with E-state index in [4.69, 9.17) is 4.42 Å². The number of ether oxygens (including phenoxy) is 1. The molecule has 1 heterocycles. The first-order valence-electron chi connectivity index (χ1n) is 5.17. The molecule has 0 aliphatic carbocycles. The van der Waals surface area contributed by atoms with Crippen molar-refractivity contribution in [1.29, 1.82) is 0 Å². The van der Waals surface area contributed by atoms with E-state index in [1.54, 1.807) is 18.2 Å². The van der Waals surface area contributed by atoms with Crippen LogP contribution in [0.4, 0.5) is 8.78 Å². The Morgan fingerprint density at radius 1 is 1.33 bits per heavy atom. The second kappa shape index (κ2) is 5.00. The van der Waals surface area contributed by atoms with Gasteiger partial charge in [-0.2, -0.15) is 0 Å². The van der Waals surface area contributed by atoms with Crippen LogP contribution in [0.5, 0.6) is 0 Å². The summed E-state index contributed by atoms with van der Waals surface area (Å²) in [6.45, 7) is 0. The second-order valence-corrected chi connectivity index (χ2v) is 3.57.